The van der Waals surface area contributed by atoms with Crippen LogP contribution in [0.5, 0.6) is 0 Å². The van der Waals surface area contributed by atoms with Gasteiger partial charge in [-0.3, -0.25) is 0 Å². The van der Waals surface area contributed by atoms with Crippen LogP contribution in [0.25, 0.3) is 0 Å². The van der Waals surface area contributed by atoms with Crippen LogP contribution in [0.1, 0.15) is 6.92 Å². The van der Waals surface area contributed by atoms with Crippen molar-refractivity contribution in [1.29, 1.82) is 0 Å². The van der Waals surface area contributed by atoms with Crippen LogP contribution in [-0.4, -0.2) is 11.7 Å². The van der Waals surface area contributed by atoms with E-state index in [0.717, 1.165) is 0 Å². The van der Waals surface area contributed by atoms with Crippen molar-refractivity contribution in [3.05, 3.63) is 0 Å². The van der Waals surface area contributed by atoms with Gasteiger partial charge in [0.2, 0.25) is 0 Å². The zero-order chi connectivity index (χ0) is 7.21. The van der Waals surface area contributed by atoms with Gasteiger partial charge in [0.15, 0.2) is 0 Å². The first-order valence-corrected chi connectivity index (χ1v) is 2.87. The fourth-order valence-electron chi connectivity index (χ4n) is 0. The van der Waals surface area contributed by atoms with Gasteiger partial charge >= 0.3 is 18.9 Å². The second kappa shape index (κ2) is 8.69. The molecule has 0 fully saturated rings. The van der Waals surface area contributed by atoms with E-state index < -0.39 is 10.2 Å². The van der Waals surface area contributed by atoms with Gasteiger partial charge in [-0.25, -0.2) is 18.6 Å². The first-order valence-electron chi connectivity index (χ1n) is 1.64. The summed E-state index contributed by atoms with van der Waals surface area (Å²) in [7, 11) is -4.94. The van der Waals surface area contributed by atoms with Crippen LogP contribution >= 0.6 is 0 Å². The molecule has 1 N–H and O–H groups in total. The molecule has 0 aliphatic carbocycles. The number of aliphatic hydroxyl groups is 1. The van der Waals surface area contributed by atoms with Gasteiger partial charge in [0, 0.05) is 6.61 Å². The molecule has 9 heavy (non-hydrogen) atoms. The Labute approximate surface area is 66.8 Å². The van der Waals surface area contributed by atoms with Crippen molar-refractivity contribution in [2.75, 3.05) is 6.61 Å². The van der Waals surface area contributed by atoms with E-state index in [1.165, 1.54) is 0 Å². The third kappa shape index (κ3) is 822. The molecule has 0 aliphatic heterocycles. The molecule has 0 saturated carbocycles. The molecule has 0 aromatic carbocycles. The van der Waals surface area contributed by atoms with Crippen LogP contribution in [0, 0.1) is 10.2 Å². The molecule has 0 atom stereocenters. The molecule has 0 bridgehead atoms. The largest absolute Gasteiger partial charge is 1.00 e. The molecule has 5 nitrogen and oxygen atoms in total. The zero-order valence-electron chi connectivity index (χ0n) is 5.17. The maximum atomic E-state index is 8.49. The van der Waals surface area contributed by atoms with Crippen LogP contribution in [0.2, 0.25) is 0 Å². The first kappa shape index (κ1) is 16.3. The average Bonchev–Trinajstić information content (AvgIpc) is 1.27. The van der Waals surface area contributed by atoms with E-state index in [-0.39, 0.29) is 25.5 Å². The van der Waals surface area contributed by atoms with Crippen LogP contribution in [-0.2, 0) is 0 Å². The van der Waals surface area contributed by atoms with Crippen molar-refractivity contribution in [2.45, 2.75) is 6.92 Å². The fraction of sp³-hybridized carbons (Fsp3) is 1.00. The van der Waals surface area contributed by atoms with E-state index in [4.69, 9.17) is 23.7 Å². The van der Waals surface area contributed by atoms with Gasteiger partial charge in [-0.05, 0) is 6.92 Å². The Kier molecular flexibility index (Phi) is 15.8. The van der Waals surface area contributed by atoms with Gasteiger partial charge in [-0.15, -0.1) is 10.2 Å². The summed E-state index contributed by atoms with van der Waals surface area (Å²) in [5, 5.41) is 7.57. The zero-order valence-corrected chi connectivity index (χ0v) is 5.92. The number of aliphatic hydroxyl groups excluding tert-OH is 1. The van der Waals surface area contributed by atoms with Gasteiger partial charge in [0.25, 0.3) is 0 Å². The summed E-state index contributed by atoms with van der Waals surface area (Å²) in [5.41, 5.74) is 0. The third-order valence-corrected chi connectivity index (χ3v) is 0. The summed E-state index contributed by atoms with van der Waals surface area (Å²) in [4.78, 5) is 0. The van der Waals surface area contributed by atoms with E-state index >= 15 is 0 Å². The predicted molar refractivity (Wildman–Crippen MR) is 12.8 cm³/mol. The SMILES string of the molecule is CCO.[Li+].[O-][Cl+3]([O-])([O-])[O-]. The van der Waals surface area contributed by atoms with Crippen molar-refractivity contribution in [3.8, 4) is 0 Å². The minimum absolute atomic E-state index is 0. The fourth-order valence-corrected chi connectivity index (χ4v) is 0. The van der Waals surface area contributed by atoms with Crippen LogP contribution in [0.3, 0.4) is 0 Å². The molecule has 7 heteroatoms. The number of rotatable bonds is 0. The van der Waals surface area contributed by atoms with Crippen molar-refractivity contribution >= 4 is 0 Å². The Balaban J connectivity index is -0.0000000800. The Morgan fingerprint density at radius 3 is 1.22 bits per heavy atom. The van der Waals surface area contributed by atoms with Gasteiger partial charge in [-0.1, -0.05) is 0 Å². The van der Waals surface area contributed by atoms with Gasteiger partial charge in [-0.2, -0.15) is 0 Å². The molecule has 0 saturated heterocycles. The van der Waals surface area contributed by atoms with Crippen molar-refractivity contribution in [1.82, 2.24) is 0 Å². The Hall–Kier alpha value is 0.687. The maximum Gasteiger partial charge on any atom is 1.00 e. The molecular formula is C2H6ClLiO5. The third-order valence-electron chi connectivity index (χ3n) is 0. The van der Waals surface area contributed by atoms with Crippen molar-refractivity contribution < 1.29 is 52.8 Å². The van der Waals surface area contributed by atoms with Crippen molar-refractivity contribution in [2.24, 2.45) is 0 Å². The Bertz CT molecular complexity index is 38.7. The van der Waals surface area contributed by atoms with Crippen molar-refractivity contribution in [3.63, 3.8) is 0 Å². The second-order valence-corrected chi connectivity index (χ2v) is 1.45. The predicted octanol–water partition coefficient (Wildman–Crippen LogP) is -7.75. The quantitative estimate of drug-likeness (QED) is 0.347. The molecule has 0 rings (SSSR count). The molecule has 0 heterocycles. The molecule has 0 aliphatic rings. The average molecular weight is 152 g/mol. The molecule has 0 aromatic heterocycles. The first-order chi connectivity index (χ1) is 3.41. The molecular weight excluding hydrogens is 146 g/mol. The second-order valence-electron chi connectivity index (χ2n) is 0.694. The van der Waals surface area contributed by atoms with E-state index in [0.29, 0.717) is 0 Å². The van der Waals surface area contributed by atoms with Crippen LogP contribution < -0.4 is 37.5 Å². The number of halogens is 1. The van der Waals surface area contributed by atoms with E-state index in [9.17, 15) is 0 Å². The smallest absolute Gasteiger partial charge is 0.397 e. The summed E-state index contributed by atoms with van der Waals surface area (Å²) in [6.07, 6.45) is 0. The van der Waals surface area contributed by atoms with Crippen LogP contribution in [0.4, 0.5) is 0 Å². The number of hydrogen-bond donors (Lipinski definition) is 1. The minimum atomic E-state index is -4.94. The summed E-state index contributed by atoms with van der Waals surface area (Å²) < 4.78 is 34.0. The molecule has 0 spiro atoms. The maximum absolute atomic E-state index is 8.49. The number of hydrogen-bond acceptors (Lipinski definition) is 5. The summed E-state index contributed by atoms with van der Waals surface area (Å²) in [6.45, 7) is 1.93. The van der Waals surface area contributed by atoms with Gasteiger partial charge < -0.3 is 5.11 Å². The van der Waals surface area contributed by atoms with Crippen LogP contribution in [0.15, 0.2) is 0 Å². The minimum Gasteiger partial charge on any atom is -0.397 e. The monoisotopic (exact) mass is 152 g/mol. The topological polar surface area (TPSA) is 112 Å². The summed E-state index contributed by atoms with van der Waals surface area (Å²) in [5.74, 6) is 0. The molecule has 0 aromatic rings. The molecule has 0 amide bonds. The standard InChI is InChI=1S/C2H6O.ClHO4.Li/c1-2-3;2-1(3,4)5;/h3H,2H2,1H3;(H,2,3,4,5);/q;;+1/p-1. The Morgan fingerprint density at radius 2 is 1.22 bits per heavy atom. The summed E-state index contributed by atoms with van der Waals surface area (Å²) >= 11 is 0. The molecule has 0 unspecified atom stereocenters. The Morgan fingerprint density at radius 1 is 1.22 bits per heavy atom. The normalized spacial score (nSPS) is 8.67. The van der Waals surface area contributed by atoms with Gasteiger partial charge in [0.1, 0.15) is 0 Å². The van der Waals surface area contributed by atoms with E-state index in [1.54, 1.807) is 6.92 Å². The molecule has 0 radical (unpaired) electrons. The van der Waals surface area contributed by atoms with E-state index in [1.807, 2.05) is 0 Å². The van der Waals surface area contributed by atoms with Gasteiger partial charge in [0.05, 0.1) is 0 Å². The summed E-state index contributed by atoms with van der Waals surface area (Å²) in [6, 6.07) is 0. The van der Waals surface area contributed by atoms with E-state index in [2.05, 4.69) is 0 Å². The molecule has 52 valence electrons.